The van der Waals surface area contributed by atoms with E-state index in [-0.39, 0.29) is 12.1 Å². The molecule has 2 aromatic rings. The SMILES string of the molecule is Fc1ccc2c(ccn2CCC2OCCCO2)c1. The highest BCUT2D eigenvalue weighted by Gasteiger charge is 2.14. The van der Waals surface area contributed by atoms with E-state index in [9.17, 15) is 4.39 Å². The van der Waals surface area contributed by atoms with Crippen LogP contribution in [0.5, 0.6) is 0 Å². The number of rotatable bonds is 3. The first kappa shape index (κ1) is 11.7. The van der Waals surface area contributed by atoms with Crippen LogP contribution in [-0.4, -0.2) is 24.1 Å². The van der Waals surface area contributed by atoms with Gasteiger partial charge in [0.2, 0.25) is 0 Å². The van der Waals surface area contributed by atoms with E-state index in [4.69, 9.17) is 9.47 Å². The third kappa shape index (κ3) is 2.40. The van der Waals surface area contributed by atoms with Crippen LogP contribution < -0.4 is 0 Å². The number of nitrogens with zero attached hydrogens (tertiary/aromatic N) is 1. The number of aryl methyl sites for hydroxylation is 1. The van der Waals surface area contributed by atoms with E-state index in [1.54, 1.807) is 6.07 Å². The van der Waals surface area contributed by atoms with Crippen molar-refractivity contribution >= 4 is 10.9 Å². The first-order chi connectivity index (χ1) is 8.83. The number of benzene rings is 1. The van der Waals surface area contributed by atoms with Gasteiger partial charge in [0, 0.05) is 30.1 Å². The normalized spacial score (nSPS) is 17.4. The van der Waals surface area contributed by atoms with Gasteiger partial charge in [0.25, 0.3) is 0 Å². The van der Waals surface area contributed by atoms with E-state index in [1.165, 1.54) is 6.07 Å². The predicted octanol–water partition coefficient (Wildman–Crippen LogP) is 2.93. The van der Waals surface area contributed by atoms with Gasteiger partial charge in [-0.3, -0.25) is 0 Å². The molecule has 4 heteroatoms. The molecule has 96 valence electrons. The first-order valence-corrected chi connectivity index (χ1v) is 6.30. The number of hydrogen-bond acceptors (Lipinski definition) is 2. The maximum absolute atomic E-state index is 13.1. The maximum Gasteiger partial charge on any atom is 0.159 e. The fraction of sp³-hybridized carbons (Fsp3) is 0.429. The first-order valence-electron chi connectivity index (χ1n) is 6.30. The lowest BCUT2D eigenvalue weighted by atomic mass is 10.2. The standard InChI is InChI=1S/C14H16FNO2/c15-12-2-3-13-11(10-12)4-6-16(13)7-5-14-17-8-1-9-18-14/h2-4,6,10,14H,1,5,7-9H2. The summed E-state index contributed by atoms with van der Waals surface area (Å²) in [6.45, 7) is 2.38. The van der Waals surface area contributed by atoms with Crippen LogP contribution >= 0.6 is 0 Å². The van der Waals surface area contributed by atoms with Gasteiger partial charge >= 0.3 is 0 Å². The number of ether oxygens (including phenoxy) is 2. The minimum Gasteiger partial charge on any atom is -0.353 e. The van der Waals surface area contributed by atoms with Gasteiger partial charge in [-0.2, -0.15) is 0 Å². The largest absolute Gasteiger partial charge is 0.353 e. The minimum absolute atomic E-state index is 0.100. The van der Waals surface area contributed by atoms with Gasteiger partial charge in [-0.05, 0) is 30.7 Å². The Labute approximate surface area is 105 Å². The maximum atomic E-state index is 13.1. The molecule has 18 heavy (non-hydrogen) atoms. The third-order valence-corrected chi connectivity index (χ3v) is 3.23. The lowest BCUT2D eigenvalue weighted by Gasteiger charge is -2.23. The zero-order chi connectivity index (χ0) is 12.4. The Kier molecular flexibility index (Phi) is 3.30. The molecule has 1 aromatic heterocycles. The molecule has 0 N–H and O–H groups in total. The Morgan fingerprint density at radius 3 is 2.89 bits per heavy atom. The Morgan fingerprint density at radius 2 is 2.06 bits per heavy atom. The van der Waals surface area contributed by atoms with E-state index in [1.807, 2.05) is 18.3 Å². The Balaban J connectivity index is 1.70. The molecule has 0 aliphatic carbocycles. The molecular formula is C14H16FNO2. The average molecular weight is 249 g/mol. The lowest BCUT2D eigenvalue weighted by molar-refractivity contribution is -0.182. The van der Waals surface area contributed by atoms with E-state index in [0.29, 0.717) is 0 Å². The van der Waals surface area contributed by atoms with Gasteiger partial charge in [-0.25, -0.2) is 4.39 Å². The van der Waals surface area contributed by atoms with Crippen LogP contribution in [0.1, 0.15) is 12.8 Å². The van der Waals surface area contributed by atoms with Gasteiger partial charge in [-0.1, -0.05) is 0 Å². The van der Waals surface area contributed by atoms with Crippen LogP contribution in [0.3, 0.4) is 0 Å². The van der Waals surface area contributed by atoms with E-state index < -0.39 is 0 Å². The summed E-state index contributed by atoms with van der Waals surface area (Å²) in [5.41, 5.74) is 1.05. The topological polar surface area (TPSA) is 23.4 Å². The second-order valence-electron chi connectivity index (χ2n) is 4.53. The summed E-state index contributed by atoms with van der Waals surface area (Å²) in [7, 11) is 0. The van der Waals surface area contributed by atoms with Crippen LogP contribution in [0, 0.1) is 5.82 Å². The second-order valence-corrected chi connectivity index (χ2v) is 4.53. The Hall–Kier alpha value is -1.39. The quantitative estimate of drug-likeness (QED) is 0.835. The molecule has 1 saturated heterocycles. The number of halogens is 1. The van der Waals surface area contributed by atoms with Gasteiger partial charge in [-0.15, -0.1) is 0 Å². The fourth-order valence-corrected chi connectivity index (χ4v) is 2.31. The number of hydrogen-bond donors (Lipinski definition) is 0. The van der Waals surface area contributed by atoms with E-state index in [0.717, 1.165) is 43.5 Å². The van der Waals surface area contributed by atoms with Crippen molar-refractivity contribution < 1.29 is 13.9 Å². The molecule has 1 aliphatic rings. The zero-order valence-corrected chi connectivity index (χ0v) is 10.1. The van der Waals surface area contributed by atoms with Crippen LogP contribution in [0.15, 0.2) is 30.5 Å². The zero-order valence-electron chi connectivity index (χ0n) is 10.1. The van der Waals surface area contributed by atoms with Crippen molar-refractivity contribution in [1.82, 2.24) is 4.57 Å². The molecule has 0 saturated carbocycles. The molecule has 2 heterocycles. The van der Waals surface area contributed by atoms with Gasteiger partial charge in [0.1, 0.15) is 5.82 Å². The molecule has 0 unspecified atom stereocenters. The smallest absolute Gasteiger partial charge is 0.159 e. The summed E-state index contributed by atoms with van der Waals surface area (Å²) in [5, 5.41) is 0.931. The van der Waals surface area contributed by atoms with Crippen molar-refractivity contribution in [2.45, 2.75) is 25.7 Å². The molecule has 0 radical (unpaired) electrons. The van der Waals surface area contributed by atoms with Crippen molar-refractivity contribution in [3.8, 4) is 0 Å². The summed E-state index contributed by atoms with van der Waals surface area (Å²) in [5.74, 6) is -0.195. The van der Waals surface area contributed by atoms with Crippen molar-refractivity contribution in [3.63, 3.8) is 0 Å². The van der Waals surface area contributed by atoms with Crippen molar-refractivity contribution in [1.29, 1.82) is 0 Å². The van der Waals surface area contributed by atoms with Gasteiger partial charge in [0.15, 0.2) is 6.29 Å². The van der Waals surface area contributed by atoms with E-state index in [2.05, 4.69) is 4.57 Å². The molecule has 0 spiro atoms. The molecule has 3 nitrogen and oxygen atoms in total. The summed E-state index contributed by atoms with van der Waals surface area (Å²) < 4.78 is 26.2. The molecule has 3 rings (SSSR count). The molecule has 1 fully saturated rings. The van der Waals surface area contributed by atoms with Gasteiger partial charge < -0.3 is 14.0 Å². The van der Waals surface area contributed by atoms with Gasteiger partial charge in [0.05, 0.1) is 13.2 Å². The monoisotopic (exact) mass is 249 g/mol. The summed E-state index contributed by atoms with van der Waals surface area (Å²) in [4.78, 5) is 0. The highest BCUT2D eigenvalue weighted by Crippen LogP contribution is 2.18. The Morgan fingerprint density at radius 1 is 1.22 bits per heavy atom. The second kappa shape index (κ2) is 5.08. The van der Waals surface area contributed by atoms with Crippen LogP contribution in [-0.2, 0) is 16.0 Å². The predicted molar refractivity (Wildman–Crippen MR) is 66.8 cm³/mol. The van der Waals surface area contributed by atoms with Crippen molar-refractivity contribution in [2.75, 3.05) is 13.2 Å². The summed E-state index contributed by atoms with van der Waals surface area (Å²) in [6, 6.07) is 6.79. The molecular weight excluding hydrogens is 233 g/mol. The number of aromatic nitrogens is 1. The van der Waals surface area contributed by atoms with Crippen LogP contribution in [0.25, 0.3) is 10.9 Å². The van der Waals surface area contributed by atoms with Crippen molar-refractivity contribution in [2.24, 2.45) is 0 Å². The average Bonchev–Trinajstić information content (AvgIpc) is 2.80. The highest BCUT2D eigenvalue weighted by atomic mass is 19.1. The van der Waals surface area contributed by atoms with Crippen LogP contribution in [0.4, 0.5) is 4.39 Å². The molecule has 0 atom stereocenters. The molecule has 1 aliphatic heterocycles. The molecule has 0 amide bonds. The number of fused-ring (bicyclic) bond motifs is 1. The minimum atomic E-state index is -0.195. The Bertz CT molecular complexity index is 532. The highest BCUT2D eigenvalue weighted by molar-refractivity contribution is 5.80. The van der Waals surface area contributed by atoms with Crippen molar-refractivity contribution in [3.05, 3.63) is 36.3 Å². The van der Waals surface area contributed by atoms with Crippen LogP contribution in [0.2, 0.25) is 0 Å². The molecule has 1 aromatic carbocycles. The lowest BCUT2D eigenvalue weighted by Crippen LogP contribution is -2.25. The fourth-order valence-electron chi connectivity index (χ4n) is 2.31. The third-order valence-electron chi connectivity index (χ3n) is 3.23. The molecule has 0 bridgehead atoms. The van der Waals surface area contributed by atoms with E-state index >= 15 is 0 Å². The summed E-state index contributed by atoms with van der Waals surface area (Å²) in [6.07, 6.45) is 3.67. The summed E-state index contributed by atoms with van der Waals surface area (Å²) >= 11 is 0.